The third-order valence-electron chi connectivity index (χ3n) is 3.05. The predicted molar refractivity (Wildman–Crippen MR) is 64.1 cm³/mol. The molecule has 1 fully saturated rings. The molecule has 1 saturated heterocycles. The van der Waals surface area contributed by atoms with Crippen molar-refractivity contribution in [2.75, 3.05) is 19.6 Å². The van der Waals surface area contributed by atoms with Gasteiger partial charge in [0, 0.05) is 25.7 Å². The standard InChI is InChI=1S/C13H20N2/c1-10(2)11-3-5-12(6-4-11)13-9-14-7-8-15-13/h3-6,10,13-15H,7-9H2,1-2H3. The van der Waals surface area contributed by atoms with E-state index in [2.05, 4.69) is 48.7 Å². The highest BCUT2D eigenvalue weighted by Crippen LogP contribution is 2.18. The van der Waals surface area contributed by atoms with E-state index in [0.717, 1.165) is 19.6 Å². The first-order valence-electron chi connectivity index (χ1n) is 5.81. The summed E-state index contributed by atoms with van der Waals surface area (Å²) in [5.74, 6) is 0.622. The van der Waals surface area contributed by atoms with Gasteiger partial charge in [0.2, 0.25) is 0 Å². The van der Waals surface area contributed by atoms with Gasteiger partial charge in [0.25, 0.3) is 0 Å². The molecule has 82 valence electrons. The van der Waals surface area contributed by atoms with E-state index in [4.69, 9.17) is 0 Å². The highest BCUT2D eigenvalue weighted by Gasteiger charge is 2.13. The van der Waals surface area contributed by atoms with Crippen LogP contribution in [0, 0.1) is 0 Å². The van der Waals surface area contributed by atoms with Gasteiger partial charge < -0.3 is 10.6 Å². The van der Waals surface area contributed by atoms with Gasteiger partial charge in [-0.2, -0.15) is 0 Å². The Balaban J connectivity index is 2.08. The van der Waals surface area contributed by atoms with Crippen molar-refractivity contribution >= 4 is 0 Å². The maximum Gasteiger partial charge on any atom is 0.0447 e. The van der Waals surface area contributed by atoms with Crippen molar-refractivity contribution in [3.63, 3.8) is 0 Å². The molecule has 0 aliphatic carbocycles. The highest BCUT2D eigenvalue weighted by molar-refractivity contribution is 5.27. The number of nitrogens with one attached hydrogen (secondary N) is 2. The fourth-order valence-electron chi connectivity index (χ4n) is 2.00. The van der Waals surface area contributed by atoms with E-state index >= 15 is 0 Å². The molecule has 2 heteroatoms. The third-order valence-corrected chi connectivity index (χ3v) is 3.05. The maximum atomic E-state index is 3.52. The van der Waals surface area contributed by atoms with E-state index in [1.165, 1.54) is 11.1 Å². The molecule has 2 N–H and O–H groups in total. The summed E-state index contributed by atoms with van der Waals surface area (Å²) in [5.41, 5.74) is 2.81. The fourth-order valence-corrected chi connectivity index (χ4v) is 2.00. The van der Waals surface area contributed by atoms with Gasteiger partial charge >= 0.3 is 0 Å². The van der Waals surface area contributed by atoms with Gasteiger partial charge in [0.1, 0.15) is 0 Å². The van der Waals surface area contributed by atoms with Crippen LogP contribution in [0.15, 0.2) is 24.3 Å². The summed E-state index contributed by atoms with van der Waals surface area (Å²) < 4.78 is 0. The zero-order valence-electron chi connectivity index (χ0n) is 9.59. The molecule has 15 heavy (non-hydrogen) atoms. The predicted octanol–water partition coefficient (Wildman–Crippen LogP) is 2.04. The Labute approximate surface area is 92.1 Å². The number of rotatable bonds is 2. The van der Waals surface area contributed by atoms with Crippen LogP contribution in [0.1, 0.15) is 36.9 Å². The van der Waals surface area contributed by atoms with Crippen LogP contribution < -0.4 is 10.6 Å². The van der Waals surface area contributed by atoms with Gasteiger partial charge in [-0.3, -0.25) is 0 Å². The molecule has 0 radical (unpaired) electrons. The largest absolute Gasteiger partial charge is 0.314 e. The summed E-state index contributed by atoms with van der Waals surface area (Å²) in [4.78, 5) is 0. The van der Waals surface area contributed by atoms with E-state index in [0.29, 0.717) is 12.0 Å². The first-order valence-corrected chi connectivity index (χ1v) is 5.81. The minimum Gasteiger partial charge on any atom is -0.314 e. The smallest absolute Gasteiger partial charge is 0.0447 e. The summed E-state index contributed by atoms with van der Waals surface area (Å²) in [6.45, 7) is 7.66. The summed E-state index contributed by atoms with van der Waals surface area (Å²) in [6, 6.07) is 9.48. The topological polar surface area (TPSA) is 24.1 Å². The van der Waals surface area contributed by atoms with E-state index < -0.39 is 0 Å². The summed E-state index contributed by atoms with van der Waals surface area (Å²) in [7, 11) is 0. The highest BCUT2D eigenvalue weighted by atomic mass is 15.1. The Morgan fingerprint density at radius 3 is 2.40 bits per heavy atom. The SMILES string of the molecule is CC(C)c1ccc(C2CNCCN2)cc1. The van der Waals surface area contributed by atoms with E-state index in [-0.39, 0.29) is 0 Å². The van der Waals surface area contributed by atoms with Crippen molar-refractivity contribution in [1.29, 1.82) is 0 Å². The first-order chi connectivity index (χ1) is 7.27. The van der Waals surface area contributed by atoms with Crippen LogP contribution in [0.25, 0.3) is 0 Å². The average molecular weight is 204 g/mol. The number of hydrogen-bond acceptors (Lipinski definition) is 2. The molecule has 0 aromatic heterocycles. The third kappa shape index (κ3) is 2.58. The summed E-state index contributed by atoms with van der Waals surface area (Å²) >= 11 is 0. The lowest BCUT2D eigenvalue weighted by Crippen LogP contribution is -2.42. The summed E-state index contributed by atoms with van der Waals surface area (Å²) in [5, 5.41) is 6.93. The van der Waals surface area contributed by atoms with Crippen molar-refractivity contribution in [3.8, 4) is 0 Å². The van der Waals surface area contributed by atoms with Gasteiger partial charge in [-0.1, -0.05) is 38.1 Å². The molecule has 1 atom stereocenters. The second kappa shape index (κ2) is 4.77. The molecule has 0 saturated carbocycles. The van der Waals surface area contributed by atoms with Crippen LogP contribution in [0.2, 0.25) is 0 Å². The minimum atomic E-state index is 0.486. The molecule has 1 unspecified atom stereocenters. The minimum absolute atomic E-state index is 0.486. The first kappa shape index (κ1) is 10.7. The average Bonchev–Trinajstić information content (AvgIpc) is 2.30. The van der Waals surface area contributed by atoms with Crippen molar-refractivity contribution in [3.05, 3.63) is 35.4 Å². The lowest BCUT2D eigenvalue weighted by atomic mass is 9.98. The van der Waals surface area contributed by atoms with Crippen LogP contribution in [-0.2, 0) is 0 Å². The van der Waals surface area contributed by atoms with Crippen molar-refractivity contribution in [1.82, 2.24) is 10.6 Å². The van der Waals surface area contributed by atoms with Gasteiger partial charge in [-0.05, 0) is 17.0 Å². The fraction of sp³-hybridized carbons (Fsp3) is 0.538. The van der Waals surface area contributed by atoms with Crippen LogP contribution in [0.3, 0.4) is 0 Å². The molecule has 2 rings (SSSR count). The zero-order chi connectivity index (χ0) is 10.7. The van der Waals surface area contributed by atoms with Gasteiger partial charge in [-0.25, -0.2) is 0 Å². The quantitative estimate of drug-likeness (QED) is 0.770. The summed E-state index contributed by atoms with van der Waals surface area (Å²) in [6.07, 6.45) is 0. The van der Waals surface area contributed by atoms with Crippen LogP contribution in [0.4, 0.5) is 0 Å². The number of hydrogen-bond donors (Lipinski definition) is 2. The molecule has 1 aliphatic rings. The molecule has 1 aliphatic heterocycles. The van der Waals surface area contributed by atoms with Gasteiger partial charge in [0.15, 0.2) is 0 Å². The van der Waals surface area contributed by atoms with Crippen LogP contribution in [-0.4, -0.2) is 19.6 Å². The molecule has 0 amide bonds. The van der Waals surface area contributed by atoms with Crippen molar-refractivity contribution in [2.45, 2.75) is 25.8 Å². The van der Waals surface area contributed by atoms with E-state index in [1.807, 2.05) is 0 Å². The van der Waals surface area contributed by atoms with Crippen molar-refractivity contribution < 1.29 is 0 Å². The Morgan fingerprint density at radius 1 is 1.13 bits per heavy atom. The van der Waals surface area contributed by atoms with E-state index in [9.17, 15) is 0 Å². The Kier molecular flexibility index (Phi) is 3.39. The zero-order valence-corrected chi connectivity index (χ0v) is 9.59. The second-order valence-corrected chi connectivity index (χ2v) is 4.53. The molecule has 1 heterocycles. The maximum absolute atomic E-state index is 3.52. The molecular formula is C13H20N2. The molecule has 2 nitrogen and oxygen atoms in total. The molecular weight excluding hydrogens is 184 g/mol. The Bertz CT molecular complexity index is 297. The molecule has 1 aromatic rings. The molecule has 0 spiro atoms. The lowest BCUT2D eigenvalue weighted by Gasteiger charge is -2.25. The van der Waals surface area contributed by atoms with Crippen LogP contribution in [0.5, 0.6) is 0 Å². The number of piperazine rings is 1. The monoisotopic (exact) mass is 204 g/mol. The van der Waals surface area contributed by atoms with E-state index in [1.54, 1.807) is 0 Å². The van der Waals surface area contributed by atoms with Crippen molar-refractivity contribution in [2.24, 2.45) is 0 Å². The van der Waals surface area contributed by atoms with Gasteiger partial charge in [-0.15, -0.1) is 0 Å². The lowest BCUT2D eigenvalue weighted by molar-refractivity contribution is 0.430. The van der Waals surface area contributed by atoms with Gasteiger partial charge in [0.05, 0.1) is 0 Å². The second-order valence-electron chi connectivity index (χ2n) is 4.53. The Morgan fingerprint density at radius 2 is 1.87 bits per heavy atom. The van der Waals surface area contributed by atoms with Crippen LogP contribution >= 0.6 is 0 Å². The number of benzene rings is 1. The molecule has 0 bridgehead atoms. The molecule has 1 aromatic carbocycles. The normalized spacial score (nSPS) is 21.9. The Hall–Kier alpha value is -0.860.